The van der Waals surface area contributed by atoms with Gasteiger partial charge in [-0.1, -0.05) is 19.4 Å². The molecule has 2 aromatic carbocycles. The number of carbonyl (C=O) groups is 2. The van der Waals surface area contributed by atoms with E-state index in [1.54, 1.807) is 18.2 Å². The predicted octanol–water partition coefficient (Wildman–Crippen LogP) is 4.47. The summed E-state index contributed by atoms with van der Waals surface area (Å²) >= 11 is 0. The Labute approximate surface area is 198 Å². The first kappa shape index (κ1) is 25.2. The van der Waals surface area contributed by atoms with Crippen LogP contribution < -0.4 is 9.47 Å². The van der Waals surface area contributed by atoms with Gasteiger partial charge in [-0.2, -0.15) is 0 Å². The van der Waals surface area contributed by atoms with Crippen molar-refractivity contribution in [1.29, 1.82) is 0 Å². The number of likely N-dealkylation sites (tertiary alicyclic amines) is 1. The quantitative estimate of drug-likeness (QED) is 0.225. The average Bonchev–Trinajstić information content (AvgIpc) is 3.08. The third-order valence-electron chi connectivity index (χ3n) is 5.53. The normalized spacial score (nSPS) is 17.3. The van der Waals surface area contributed by atoms with Gasteiger partial charge in [-0.15, -0.1) is 0 Å². The lowest BCUT2D eigenvalue weighted by atomic mass is 9.95. The minimum Gasteiger partial charge on any atom is -0.507 e. The topological polar surface area (TPSA) is 85.3 Å². The Morgan fingerprint density at radius 1 is 1.03 bits per heavy atom. The summed E-state index contributed by atoms with van der Waals surface area (Å²) in [6.45, 7) is 5.20. The maximum absolute atomic E-state index is 13.4. The summed E-state index contributed by atoms with van der Waals surface area (Å²) in [7, 11) is 1.50. The third kappa shape index (κ3) is 5.39. The highest BCUT2D eigenvalue weighted by atomic mass is 19.1. The van der Waals surface area contributed by atoms with E-state index in [4.69, 9.17) is 14.2 Å². The van der Waals surface area contributed by atoms with Crippen LogP contribution >= 0.6 is 0 Å². The second-order valence-corrected chi connectivity index (χ2v) is 7.83. The van der Waals surface area contributed by atoms with Crippen molar-refractivity contribution in [3.63, 3.8) is 0 Å². The first-order chi connectivity index (χ1) is 16.4. The van der Waals surface area contributed by atoms with Crippen LogP contribution in [0.25, 0.3) is 5.76 Å². The van der Waals surface area contributed by atoms with Gasteiger partial charge < -0.3 is 24.2 Å². The van der Waals surface area contributed by atoms with E-state index >= 15 is 0 Å². The van der Waals surface area contributed by atoms with Gasteiger partial charge in [-0.05, 0) is 55.3 Å². The maximum atomic E-state index is 13.4. The molecular formula is C26H30FNO6. The number of halogens is 1. The molecule has 1 saturated heterocycles. The van der Waals surface area contributed by atoms with Crippen LogP contribution in [0, 0.1) is 5.82 Å². The molecule has 3 rings (SSSR count). The average molecular weight is 472 g/mol. The molecule has 1 N–H and O–H groups in total. The molecule has 1 unspecified atom stereocenters. The highest BCUT2D eigenvalue weighted by molar-refractivity contribution is 6.46. The number of ether oxygens (including phenoxy) is 3. The van der Waals surface area contributed by atoms with Gasteiger partial charge in [0.1, 0.15) is 11.6 Å². The van der Waals surface area contributed by atoms with Gasteiger partial charge in [0, 0.05) is 19.2 Å². The number of methoxy groups -OCH3 is 1. The van der Waals surface area contributed by atoms with Gasteiger partial charge in [-0.25, -0.2) is 4.39 Å². The molecule has 1 atom stereocenters. The number of aliphatic hydroxyl groups is 1. The zero-order valence-electron chi connectivity index (χ0n) is 19.7. The summed E-state index contributed by atoms with van der Waals surface area (Å²) in [5, 5.41) is 11.0. The number of ketones is 1. The smallest absolute Gasteiger partial charge is 0.295 e. The zero-order chi connectivity index (χ0) is 24.7. The molecule has 1 fully saturated rings. The lowest BCUT2D eigenvalue weighted by Gasteiger charge is -2.26. The van der Waals surface area contributed by atoms with E-state index in [0.29, 0.717) is 30.3 Å². The largest absolute Gasteiger partial charge is 0.507 e. The number of unbranched alkanes of at least 4 members (excludes halogenated alkanes) is 1. The van der Waals surface area contributed by atoms with Crippen molar-refractivity contribution in [2.24, 2.45) is 0 Å². The van der Waals surface area contributed by atoms with Crippen molar-refractivity contribution in [2.75, 3.05) is 33.5 Å². The molecule has 2 aromatic rings. The van der Waals surface area contributed by atoms with Gasteiger partial charge >= 0.3 is 0 Å². The molecule has 1 aliphatic rings. The van der Waals surface area contributed by atoms with Gasteiger partial charge in [0.05, 0.1) is 31.4 Å². The monoisotopic (exact) mass is 471 g/mol. The minimum atomic E-state index is -0.871. The first-order valence-electron chi connectivity index (χ1n) is 11.4. The van der Waals surface area contributed by atoms with Crippen molar-refractivity contribution < 1.29 is 33.3 Å². The zero-order valence-corrected chi connectivity index (χ0v) is 19.7. The van der Waals surface area contributed by atoms with Crippen molar-refractivity contribution in [3.8, 4) is 11.5 Å². The maximum Gasteiger partial charge on any atom is 0.295 e. The Kier molecular flexibility index (Phi) is 8.65. The molecule has 182 valence electrons. The third-order valence-corrected chi connectivity index (χ3v) is 5.53. The van der Waals surface area contributed by atoms with Crippen LogP contribution in [-0.4, -0.2) is 55.2 Å². The summed E-state index contributed by atoms with van der Waals surface area (Å²) in [5.74, 6) is -1.36. The van der Waals surface area contributed by atoms with Crippen LogP contribution in [0.2, 0.25) is 0 Å². The molecule has 1 amide bonds. The number of benzene rings is 2. The Morgan fingerprint density at radius 2 is 1.76 bits per heavy atom. The fourth-order valence-electron chi connectivity index (χ4n) is 3.82. The van der Waals surface area contributed by atoms with Crippen molar-refractivity contribution in [2.45, 2.75) is 32.7 Å². The predicted molar refractivity (Wildman–Crippen MR) is 125 cm³/mol. The van der Waals surface area contributed by atoms with Crippen molar-refractivity contribution >= 4 is 17.4 Å². The second-order valence-electron chi connectivity index (χ2n) is 7.83. The van der Waals surface area contributed by atoms with E-state index in [-0.39, 0.29) is 30.0 Å². The number of rotatable bonds is 11. The van der Waals surface area contributed by atoms with Crippen molar-refractivity contribution in [1.82, 2.24) is 4.90 Å². The van der Waals surface area contributed by atoms with E-state index in [2.05, 4.69) is 6.92 Å². The molecule has 0 aliphatic carbocycles. The molecule has 7 nitrogen and oxygen atoms in total. The summed E-state index contributed by atoms with van der Waals surface area (Å²) in [6.07, 6.45) is 1.88. The molecule has 8 heteroatoms. The molecule has 0 radical (unpaired) electrons. The number of carbonyl (C=O) groups excluding carboxylic acids is 2. The van der Waals surface area contributed by atoms with Crippen LogP contribution in [0.5, 0.6) is 11.5 Å². The number of amides is 1. The van der Waals surface area contributed by atoms with E-state index in [0.717, 1.165) is 12.8 Å². The minimum absolute atomic E-state index is 0.0742. The van der Waals surface area contributed by atoms with Crippen LogP contribution in [-0.2, 0) is 14.3 Å². The number of aliphatic hydroxyl groups excluding tert-OH is 1. The Balaban J connectivity index is 2.11. The second kappa shape index (κ2) is 11.7. The van der Waals surface area contributed by atoms with Gasteiger partial charge in [0.25, 0.3) is 11.7 Å². The van der Waals surface area contributed by atoms with Gasteiger partial charge in [0.15, 0.2) is 11.5 Å². The van der Waals surface area contributed by atoms with Crippen LogP contribution in [0.4, 0.5) is 4.39 Å². The van der Waals surface area contributed by atoms with Crippen LogP contribution in [0.1, 0.15) is 43.9 Å². The number of hydrogen-bond donors (Lipinski definition) is 1. The number of Topliss-reactive ketones (excluding diaryl/α,β-unsaturated/α-hetero) is 1. The summed E-state index contributed by atoms with van der Waals surface area (Å²) in [6, 6.07) is 9.42. The SMILES string of the molecule is CCCCOc1ccc(C2C(=C(O)c3ccc(F)cc3)C(=O)C(=O)N2CCOC)cc1OCC. The molecule has 0 saturated carbocycles. The van der Waals surface area contributed by atoms with E-state index < -0.39 is 23.5 Å². The highest BCUT2D eigenvalue weighted by Crippen LogP contribution is 2.42. The molecule has 0 bridgehead atoms. The summed E-state index contributed by atoms with van der Waals surface area (Å²) in [4.78, 5) is 27.3. The van der Waals surface area contributed by atoms with Crippen molar-refractivity contribution in [3.05, 3.63) is 65.0 Å². The van der Waals surface area contributed by atoms with Crippen LogP contribution in [0.3, 0.4) is 0 Å². The Hall–Kier alpha value is -3.39. The molecule has 0 aromatic heterocycles. The fraction of sp³-hybridized carbons (Fsp3) is 0.385. The van der Waals surface area contributed by atoms with E-state index in [1.807, 2.05) is 6.92 Å². The Bertz CT molecular complexity index is 1050. The number of nitrogens with zero attached hydrogens (tertiary/aromatic N) is 1. The standard InChI is InChI=1S/C26H30FNO6/c1-4-6-14-34-20-12-9-18(16-21(20)33-5-2)23-22(24(29)17-7-10-19(27)11-8-17)25(30)26(31)28(23)13-15-32-3/h7-12,16,23,29H,4-6,13-15H2,1-3H3. The molecule has 1 heterocycles. The van der Waals surface area contributed by atoms with Gasteiger partial charge in [-0.3, -0.25) is 9.59 Å². The van der Waals surface area contributed by atoms with E-state index in [1.165, 1.54) is 36.3 Å². The molecule has 0 spiro atoms. The van der Waals surface area contributed by atoms with Crippen LogP contribution in [0.15, 0.2) is 48.0 Å². The lowest BCUT2D eigenvalue weighted by molar-refractivity contribution is -0.140. The lowest BCUT2D eigenvalue weighted by Crippen LogP contribution is -2.32. The molecular weight excluding hydrogens is 441 g/mol. The first-order valence-corrected chi connectivity index (χ1v) is 11.4. The molecule has 34 heavy (non-hydrogen) atoms. The molecule has 1 aliphatic heterocycles. The highest BCUT2D eigenvalue weighted by Gasteiger charge is 2.46. The summed E-state index contributed by atoms with van der Waals surface area (Å²) < 4.78 is 30.2. The fourth-order valence-corrected chi connectivity index (χ4v) is 3.82. The summed E-state index contributed by atoms with van der Waals surface area (Å²) in [5.41, 5.74) is 0.737. The van der Waals surface area contributed by atoms with E-state index in [9.17, 15) is 19.1 Å². The Morgan fingerprint density at radius 3 is 2.41 bits per heavy atom. The number of hydrogen-bond acceptors (Lipinski definition) is 6. The van der Waals surface area contributed by atoms with Gasteiger partial charge in [0.2, 0.25) is 0 Å².